The van der Waals surface area contributed by atoms with Gasteiger partial charge in [-0.15, -0.1) is 0 Å². The van der Waals surface area contributed by atoms with Crippen LogP contribution in [0.4, 0.5) is 0 Å². The molecule has 1 N–H and O–H groups in total. The van der Waals surface area contributed by atoms with Crippen LogP contribution in [0.5, 0.6) is 11.5 Å². The van der Waals surface area contributed by atoms with Gasteiger partial charge in [-0.3, -0.25) is 9.59 Å². The largest absolute Gasteiger partial charge is 0.497 e. The van der Waals surface area contributed by atoms with Crippen molar-refractivity contribution in [2.75, 3.05) is 13.7 Å². The second-order valence-corrected chi connectivity index (χ2v) is 8.23. The molecule has 0 saturated heterocycles. The maximum Gasteiger partial charge on any atom is 0.261 e. The maximum atomic E-state index is 13.4. The van der Waals surface area contributed by atoms with Gasteiger partial charge in [-0.1, -0.05) is 55.5 Å². The van der Waals surface area contributed by atoms with Gasteiger partial charge in [0.1, 0.15) is 17.5 Å². The summed E-state index contributed by atoms with van der Waals surface area (Å²) in [7, 11) is 1.60. The molecule has 0 unspecified atom stereocenters. The van der Waals surface area contributed by atoms with E-state index < -0.39 is 6.04 Å². The maximum absolute atomic E-state index is 13.4. The predicted molar refractivity (Wildman–Crippen MR) is 130 cm³/mol. The molecule has 0 aliphatic carbocycles. The molecule has 3 rings (SSSR count). The molecule has 0 saturated carbocycles. The Morgan fingerprint density at radius 2 is 1.73 bits per heavy atom. The number of hydrogen-bond donors (Lipinski definition) is 1. The van der Waals surface area contributed by atoms with Crippen LogP contribution in [-0.2, 0) is 16.1 Å². The van der Waals surface area contributed by atoms with Crippen molar-refractivity contribution in [2.24, 2.45) is 0 Å². The monoisotopic (exact) mass is 448 g/mol. The molecule has 33 heavy (non-hydrogen) atoms. The minimum absolute atomic E-state index is 0.0211. The van der Waals surface area contributed by atoms with Crippen LogP contribution in [-0.4, -0.2) is 42.5 Å². The molecule has 174 valence electrons. The molecule has 3 aromatic carbocycles. The molecule has 2 amide bonds. The zero-order chi connectivity index (χ0) is 23.8. The van der Waals surface area contributed by atoms with Gasteiger partial charge in [-0.2, -0.15) is 0 Å². The fraction of sp³-hybridized carbons (Fsp3) is 0.333. The highest BCUT2D eigenvalue weighted by Gasteiger charge is 2.29. The van der Waals surface area contributed by atoms with E-state index in [4.69, 9.17) is 9.47 Å². The van der Waals surface area contributed by atoms with Crippen molar-refractivity contribution in [3.05, 3.63) is 72.3 Å². The van der Waals surface area contributed by atoms with Crippen molar-refractivity contribution >= 4 is 22.6 Å². The van der Waals surface area contributed by atoms with Crippen molar-refractivity contribution in [2.45, 2.75) is 45.8 Å². The van der Waals surface area contributed by atoms with Crippen molar-refractivity contribution in [3.8, 4) is 11.5 Å². The van der Waals surface area contributed by atoms with Crippen LogP contribution in [0, 0.1) is 0 Å². The van der Waals surface area contributed by atoms with Gasteiger partial charge in [-0.25, -0.2) is 0 Å². The summed E-state index contributed by atoms with van der Waals surface area (Å²) in [6, 6.07) is 20.5. The van der Waals surface area contributed by atoms with E-state index in [1.807, 2.05) is 87.5 Å². The summed E-state index contributed by atoms with van der Waals surface area (Å²) in [4.78, 5) is 27.9. The third-order valence-electron chi connectivity index (χ3n) is 5.40. The Labute approximate surface area is 195 Å². The standard InChI is InChI=1S/C27H32N2O4/c1-5-24(27(31)28-19(2)3)29(17-20-10-8-13-22(16-20)32-4)26(30)18-33-25-15-9-12-21-11-6-7-14-23(21)25/h6-16,19,24H,5,17-18H2,1-4H3,(H,28,31)/t24-/m0/s1. The van der Waals surface area contributed by atoms with Crippen LogP contribution in [0.15, 0.2) is 66.7 Å². The minimum Gasteiger partial charge on any atom is -0.497 e. The molecule has 0 radical (unpaired) electrons. The molecular formula is C27H32N2O4. The van der Waals surface area contributed by atoms with Crippen LogP contribution in [0.2, 0.25) is 0 Å². The molecule has 0 aromatic heterocycles. The van der Waals surface area contributed by atoms with E-state index in [0.29, 0.717) is 17.9 Å². The lowest BCUT2D eigenvalue weighted by molar-refractivity contribution is -0.143. The molecule has 0 aliphatic rings. The molecule has 0 heterocycles. The highest BCUT2D eigenvalue weighted by molar-refractivity contribution is 5.90. The van der Waals surface area contributed by atoms with Gasteiger partial charge in [0.2, 0.25) is 5.91 Å². The van der Waals surface area contributed by atoms with E-state index in [9.17, 15) is 9.59 Å². The van der Waals surface area contributed by atoms with E-state index in [1.54, 1.807) is 12.0 Å². The zero-order valence-electron chi connectivity index (χ0n) is 19.7. The van der Waals surface area contributed by atoms with Gasteiger partial charge in [0.15, 0.2) is 6.61 Å². The van der Waals surface area contributed by atoms with Gasteiger partial charge < -0.3 is 19.7 Å². The first-order chi connectivity index (χ1) is 15.9. The van der Waals surface area contributed by atoms with Crippen LogP contribution in [0.3, 0.4) is 0 Å². The first kappa shape index (κ1) is 24.1. The zero-order valence-corrected chi connectivity index (χ0v) is 19.7. The van der Waals surface area contributed by atoms with Crippen LogP contribution in [0.25, 0.3) is 10.8 Å². The number of rotatable bonds is 10. The Morgan fingerprint density at radius 1 is 1.00 bits per heavy atom. The van der Waals surface area contributed by atoms with Gasteiger partial charge in [0.25, 0.3) is 5.91 Å². The Kier molecular flexibility index (Phi) is 8.30. The number of methoxy groups -OCH3 is 1. The average Bonchev–Trinajstić information content (AvgIpc) is 2.82. The third-order valence-corrected chi connectivity index (χ3v) is 5.40. The van der Waals surface area contributed by atoms with E-state index in [1.165, 1.54) is 0 Å². The number of fused-ring (bicyclic) bond motifs is 1. The Balaban J connectivity index is 1.84. The molecule has 3 aromatic rings. The minimum atomic E-state index is -0.609. The molecular weight excluding hydrogens is 416 g/mol. The number of ether oxygens (including phenoxy) is 2. The number of benzene rings is 3. The molecule has 6 heteroatoms. The lowest BCUT2D eigenvalue weighted by Crippen LogP contribution is -2.51. The molecule has 0 bridgehead atoms. The van der Waals surface area contributed by atoms with E-state index in [0.717, 1.165) is 16.3 Å². The lowest BCUT2D eigenvalue weighted by Gasteiger charge is -2.31. The Bertz CT molecular complexity index is 1090. The topological polar surface area (TPSA) is 67.9 Å². The van der Waals surface area contributed by atoms with Crippen molar-refractivity contribution in [3.63, 3.8) is 0 Å². The average molecular weight is 449 g/mol. The van der Waals surface area contributed by atoms with Gasteiger partial charge in [-0.05, 0) is 49.4 Å². The van der Waals surface area contributed by atoms with Crippen molar-refractivity contribution < 1.29 is 19.1 Å². The first-order valence-corrected chi connectivity index (χ1v) is 11.3. The first-order valence-electron chi connectivity index (χ1n) is 11.3. The summed E-state index contributed by atoms with van der Waals surface area (Å²) in [5, 5.41) is 4.92. The van der Waals surface area contributed by atoms with Crippen LogP contribution < -0.4 is 14.8 Å². The predicted octanol–water partition coefficient (Wildman–Crippen LogP) is 4.56. The summed E-state index contributed by atoms with van der Waals surface area (Å²) < 4.78 is 11.3. The number of hydrogen-bond acceptors (Lipinski definition) is 4. The quantitative estimate of drug-likeness (QED) is 0.494. The van der Waals surface area contributed by atoms with E-state index in [-0.39, 0.29) is 31.0 Å². The summed E-state index contributed by atoms with van der Waals surface area (Å²) >= 11 is 0. The van der Waals surface area contributed by atoms with Crippen LogP contribution in [0.1, 0.15) is 32.8 Å². The molecule has 0 fully saturated rings. The smallest absolute Gasteiger partial charge is 0.261 e. The summed E-state index contributed by atoms with van der Waals surface area (Å²) in [5.74, 6) is 0.916. The molecule has 0 spiro atoms. The van der Waals surface area contributed by atoms with Crippen molar-refractivity contribution in [1.29, 1.82) is 0 Å². The third kappa shape index (κ3) is 6.25. The van der Waals surface area contributed by atoms with Crippen LogP contribution >= 0.6 is 0 Å². The highest BCUT2D eigenvalue weighted by Crippen LogP contribution is 2.25. The number of amides is 2. The normalized spacial score (nSPS) is 11.8. The fourth-order valence-corrected chi connectivity index (χ4v) is 3.81. The van der Waals surface area contributed by atoms with Gasteiger partial charge >= 0.3 is 0 Å². The van der Waals surface area contributed by atoms with Gasteiger partial charge in [0.05, 0.1) is 7.11 Å². The molecule has 0 aliphatic heterocycles. The van der Waals surface area contributed by atoms with E-state index in [2.05, 4.69) is 5.32 Å². The number of nitrogens with one attached hydrogen (secondary N) is 1. The highest BCUT2D eigenvalue weighted by atomic mass is 16.5. The molecule has 1 atom stereocenters. The Hall–Kier alpha value is -3.54. The van der Waals surface area contributed by atoms with Gasteiger partial charge in [0, 0.05) is 18.0 Å². The SMILES string of the molecule is CC[C@@H](C(=O)NC(C)C)N(Cc1cccc(OC)c1)C(=O)COc1cccc2ccccc12. The summed E-state index contributed by atoms with van der Waals surface area (Å²) in [6.07, 6.45) is 0.489. The molecule has 6 nitrogen and oxygen atoms in total. The number of nitrogens with zero attached hydrogens (tertiary/aromatic N) is 1. The summed E-state index contributed by atoms with van der Waals surface area (Å²) in [5.41, 5.74) is 0.878. The summed E-state index contributed by atoms with van der Waals surface area (Å²) in [6.45, 7) is 5.83. The second-order valence-electron chi connectivity index (χ2n) is 8.23. The van der Waals surface area contributed by atoms with Crippen molar-refractivity contribution in [1.82, 2.24) is 10.2 Å². The number of carbonyl (C=O) groups is 2. The fourth-order valence-electron chi connectivity index (χ4n) is 3.81. The Morgan fingerprint density at radius 3 is 2.45 bits per heavy atom. The number of carbonyl (C=O) groups excluding carboxylic acids is 2. The lowest BCUT2D eigenvalue weighted by atomic mass is 10.1. The second kappa shape index (κ2) is 11.4. The van der Waals surface area contributed by atoms with E-state index >= 15 is 0 Å².